The van der Waals surface area contributed by atoms with Crippen LogP contribution in [0, 0.1) is 13.8 Å². The van der Waals surface area contributed by atoms with Gasteiger partial charge in [0.15, 0.2) is 5.65 Å². The molecule has 3 aromatic rings. The molecule has 5 nitrogen and oxygen atoms in total. The van der Waals surface area contributed by atoms with Crippen molar-refractivity contribution in [2.24, 2.45) is 0 Å². The first-order valence-corrected chi connectivity index (χ1v) is 7.03. The largest absolute Gasteiger partial charge is 0.392 e. The van der Waals surface area contributed by atoms with E-state index >= 15 is 0 Å². The van der Waals surface area contributed by atoms with E-state index in [9.17, 15) is 5.11 Å². The topological polar surface area (TPSA) is 63.8 Å². The van der Waals surface area contributed by atoms with Gasteiger partial charge >= 0.3 is 0 Å². The van der Waals surface area contributed by atoms with E-state index in [4.69, 9.17) is 0 Å². The van der Waals surface area contributed by atoms with Crippen molar-refractivity contribution in [3.63, 3.8) is 0 Å². The predicted molar refractivity (Wildman–Crippen MR) is 81.8 cm³/mol. The standard InChI is InChI=1S/C16H18N4O/c1-4-20-16-13(8-18-20)15(14(9-21)11(3)19-16)12-5-10(2)6-17-7-12/h5-8,21H,4,9H2,1-3H3. The monoisotopic (exact) mass is 282 g/mol. The number of aliphatic hydroxyl groups is 1. The van der Waals surface area contributed by atoms with E-state index in [1.54, 1.807) is 0 Å². The number of fused-ring (bicyclic) bond motifs is 1. The Morgan fingerprint density at radius 2 is 2.00 bits per heavy atom. The van der Waals surface area contributed by atoms with E-state index in [2.05, 4.69) is 21.1 Å². The predicted octanol–water partition coefficient (Wildman–Crippen LogP) is 2.62. The van der Waals surface area contributed by atoms with Crippen LogP contribution in [0.1, 0.15) is 23.7 Å². The van der Waals surface area contributed by atoms with E-state index < -0.39 is 0 Å². The van der Waals surface area contributed by atoms with E-state index in [0.29, 0.717) is 0 Å². The highest BCUT2D eigenvalue weighted by molar-refractivity contribution is 5.94. The van der Waals surface area contributed by atoms with Gasteiger partial charge in [-0.25, -0.2) is 9.67 Å². The summed E-state index contributed by atoms with van der Waals surface area (Å²) in [6.07, 6.45) is 5.47. The van der Waals surface area contributed by atoms with Crippen LogP contribution in [0.4, 0.5) is 0 Å². The Hall–Kier alpha value is -2.27. The molecule has 3 aromatic heterocycles. The average Bonchev–Trinajstić information content (AvgIpc) is 2.88. The number of hydrogen-bond donors (Lipinski definition) is 1. The van der Waals surface area contributed by atoms with Gasteiger partial charge in [-0.15, -0.1) is 0 Å². The Kier molecular flexibility index (Phi) is 3.43. The number of aliphatic hydroxyl groups excluding tert-OH is 1. The fourth-order valence-electron chi connectivity index (χ4n) is 2.69. The molecule has 108 valence electrons. The second-order valence-electron chi connectivity index (χ2n) is 5.16. The normalized spacial score (nSPS) is 11.2. The van der Waals surface area contributed by atoms with E-state index in [1.807, 2.05) is 44.0 Å². The fourth-order valence-corrected chi connectivity index (χ4v) is 2.69. The van der Waals surface area contributed by atoms with E-state index in [-0.39, 0.29) is 6.61 Å². The lowest BCUT2D eigenvalue weighted by Gasteiger charge is -2.12. The molecule has 1 N–H and O–H groups in total. The van der Waals surface area contributed by atoms with Crippen molar-refractivity contribution < 1.29 is 5.11 Å². The lowest BCUT2D eigenvalue weighted by Crippen LogP contribution is -2.02. The van der Waals surface area contributed by atoms with Crippen molar-refractivity contribution in [2.45, 2.75) is 33.9 Å². The van der Waals surface area contributed by atoms with Crippen LogP contribution in [-0.2, 0) is 13.2 Å². The molecule has 0 atom stereocenters. The molecule has 0 aliphatic heterocycles. The maximum atomic E-state index is 9.77. The van der Waals surface area contributed by atoms with Crippen molar-refractivity contribution in [1.82, 2.24) is 19.7 Å². The Balaban J connectivity index is 2.40. The number of aromatic nitrogens is 4. The van der Waals surface area contributed by atoms with Crippen LogP contribution in [-0.4, -0.2) is 24.9 Å². The molecule has 5 heteroatoms. The van der Waals surface area contributed by atoms with Crippen molar-refractivity contribution in [1.29, 1.82) is 0 Å². The highest BCUT2D eigenvalue weighted by Crippen LogP contribution is 2.33. The molecule has 0 radical (unpaired) electrons. The van der Waals surface area contributed by atoms with Crippen LogP contribution in [0.5, 0.6) is 0 Å². The van der Waals surface area contributed by atoms with Crippen molar-refractivity contribution in [3.8, 4) is 11.1 Å². The second-order valence-corrected chi connectivity index (χ2v) is 5.16. The summed E-state index contributed by atoms with van der Waals surface area (Å²) >= 11 is 0. The molecule has 0 bridgehead atoms. The molecule has 0 spiro atoms. The molecule has 21 heavy (non-hydrogen) atoms. The number of rotatable bonds is 3. The zero-order valence-electron chi connectivity index (χ0n) is 12.5. The molecule has 0 saturated carbocycles. The SMILES string of the molecule is CCn1ncc2c(-c3cncc(C)c3)c(CO)c(C)nc21. The molecule has 0 fully saturated rings. The second kappa shape index (κ2) is 5.26. The van der Waals surface area contributed by atoms with Crippen LogP contribution >= 0.6 is 0 Å². The van der Waals surface area contributed by atoms with Gasteiger partial charge in [-0.2, -0.15) is 5.10 Å². The molecule has 0 aliphatic rings. The number of hydrogen-bond acceptors (Lipinski definition) is 4. The smallest absolute Gasteiger partial charge is 0.158 e. The van der Waals surface area contributed by atoms with Gasteiger partial charge < -0.3 is 5.11 Å². The molecule has 0 amide bonds. The molecule has 0 saturated heterocycles. The summed E-state index contributed by atoms with van der Waals surface area (Å²) in [7, 11) is 0. The third-order valence-corrected chi connectivity index (χ3v) is 3.71. The van der Waals surface area contributed by atoms with Crippen LogP contribution in [0.15, 0.2) is 24.7 Å². The summed E-state index contributed by atoms with van der Waals surface area (Å²) < 4.78 is 1.87. The zero-order valence-corrected chi connectivity index (χ0v) is 12.5. The lowest BCUT2D eigenvalue weighted by molar-refractivity contribution is 0.281. The van der Waals surface area contributed by atoms with Gasteiger partial charge in [0.05, 0.1) is 12.8 Å². The number of aryl methyl sites for hydroxylation is 3. The highest BCUT2D eigenvalue weighted by Gasteiger charge is 2.17. The maximum Gasteiger partial charge on any atom is 0.158 e. The van der Waals surface area contributed by atoms with E-state index in [0.717, 1.165) is 45.5 Å². The summed E-state index contributed by atoms with van der Waals surface area (Å²) in [4.78, 5) is 8.88. The van der Waals surface area contributed by atoms with Gasteiger partial charge in [-0.1, -0.05) is 0 Å². The summed E-state index contributed by atoms with van der Waals surface area (Å²) in [6, 6.07) is 2.07. The van der Waals surface area contributed by atoms with Gasteiger partial charge in [-0.05, 0) is 32.4 Å². The molecule has 3 rings (SSSR count). The summed E-state index contributed by atoms with van der Waals surface area (Å²) in [5.74, 6) is 0. The Bertz CT molecular complexity index is 807. The minimum atomic E-state index is -0.0463. The van der Waals surface area contributed by atoms with Crippen molar-refractivity contribution >= 4 is 11.0 Å². The average molecular weight is 282 g/mol. The third kappa shape index (κ3) is 2.19. The summed E-state index contributed by atoms with van der Waals surface area (Å²) in [5.41, 5.74) is 5.58. The maximum absolute atomic E-state index is 9.77. The lowest BCUT2D eigenvalue weighted by atomic mass is 9.97. The quantitative estimate of drug-likeness (QED) is 0.802. The molecule has 0 aliphatic carbocycles. The Labute approximate surface area is 123 Å². The highest BCUT2D eigenvalue weighted by atomic mass is 16.3. The van der Waals surface area contributed by atoms with Gasteiger partial charge in [0.1, 0.15) is 0 Å². The van der Waals surface area contributed by atoms with Gasteiger partial charge in [0, 0.05) is 46.7 Å². The van der Waals surface area contributed by atoms with Crippen molar-refractivity contribution in [2.75, 3.05) is 0 Å². The summed E-state index contributed by atoms with van der Waals surface area (Å²) in [6.45, 7) is 6.69. The molecule has 0 aromatic carbocycles. The fraction of sp³-hybridized carbons (Fsp3) is 0.312. The zero-order chi connectivity index (χ0) is 15.0. The summed E-state index contributed by atoms with van der Waals surface area (Å²) in [5, 5.41) is 15.1. The first-order valence-electron chi connectivity index (χ1n) is 7.03. The number of nitrogens with zero attached hydrogens (tertiary/aromatic N) is 4. The van der Waals surface area contributed by atoms with Gasteiger partial charge in [0.2, 0.25) is 0 Å². The first kappa shape index (κ1) is 13.7. The number of pyridine rings is 2. The molecule has 3 heterocycles. The third-order valence-electron chi connectivity index (χ3n) is 3.71. The van der Waals surface area contributed by atoms with Crippen LogP contribution in [0.2, 0.25) is 0 Å². The Morgan fingerprint density at radius 1 is 1.19 bits per heavy atom. The van der Waals surface area contributed by atoms with Crippen molar-refractivity contribution in [3.05, 3.63) is 41.5 Å². The minimum Gasteiger partial charge on any atom is -0.392 e. The van der Waals surface area contributed by atoms with E-state index in [1.165, 1.54) is 0 Å². The molecule has 0 unspecified atom stereocenters. The van der Waals surface area contributed by atoms with Gasteiger partial charge in [0.25, 0.3) is 0 Å². The molecular weight excluding hydrogens is 264 g/mol. The molecular formula is C16H18N4O. The van der Waals surface area contributed by atoms with Gasteiger partial charge in [-0.3, -0.25) is 4.98 Å². The van der Waals surface area contributed by atoms with Crippen LogP contribution < -0.4 is 0 Å². The first-order chi connectivity index (χ1) is 10.2. The van der Waals surface area contributed by atoms with Crippen LogP contribution in [0.25, 0.3) is 22.2 Å². The van der Waals surface area contributed by atoms with Crippen LogP contribution in [0.3, 0.4) is 0 Å². The Morgan fingerprint density at radius 3 is 2.67 bits per heavy atom. The minimum absolute atomic E-state index is 0.0463.